The Morgan fingerprint density at radius 2 is 2.37 bits per heavy atom. The van der Waals surface area contributed by atoms with Crippen LogP contribution >= 0.6 is 11.8 Å². The fourth-order valence-corrected chi connectivity index (χ4v) is 3.81. The number of benzene rings is 1. The molecule has 1 fully saturated rings. The number of hydrogen-bond acceptors (Lipinski definition) is 3. The molecule has 0 saturated carbocycles. The van der Waals surface area contributed by atoms with Gasteiger partial charge in [0.05, 0.1) is 0 Å². The van der Waals surface area contributed by atoms with Gasteiger partial charge in [-0.05, 0) is 36.6 Å². The molecule has 0 spiro atoms. The summed E-state index contributed by atoms with van der Waals surface area (Å²) in [7, 11) is 0. The second-order valence-electron chi connectivity index (χ2n) is 5.33. The lowest BCUT2D eigenvalue weighted by Crippen LogP contribution is -2.41. The van der Waals surface area contributed by atoms with Crippen molar-refractivity contribution >= 4 is 23.4 Å². The molecule has 1 atom stereocenters. The Morgan fingerprint density at radius 3 is 3.21 bits per heavy atom. The number of rotatable bonds is 1. The number of carbonyl (C=O) groups excluding carboxylic acids is 1. The summed E-state index contributed by atoms with van der Waals surface area (Å²) >= 11 is 1.95. The van der Waals surface area contributed by atoms with E-state index in [1.54, 1.807) is 0 Å². The Kier molecular flexibility index (Phi) is 3.69. The fraction of sp³-hybridized carbons (Fsp3) is 0.533. The predicted octanol–water partition coefficient (Wildman–Crippen LogP) is 2.62. The first kappa shape index (κ1) is 12.9. The summed E-state index contributed by atoms with van der Waals surface area (Å²) in [6, 6.07) is 6.10. The second kappa shape index (κ2) is 5.45. The quantitative estimate of drug-likeness (QED) is 0.856. The first-order chi connectivity index (χ1) is 9.24. The van der Waals surface area contributed by atoms with Gasteiger partial charge in [0.15, 0.2) is 0 Å². The summed E-state index contributed by atoms with van der Waals surface area (Å²) in [5.74, 6) is 1.25. The molecular weight excluding hydrogens is 256 g/mol. The lowest BCUT2D eigenvalue weighted by molar-refractivity contribution is 0.0763. The van der Waals surface area contributed by atoms with Crippen LogP contribution in [0.15, 0.2) is 18.2 Å². The van der Waals surface area contributed by atoms with E-state index in [2.05, 4.69) is 24.4 Å². The highest BCUT2D eigenvalue weighted by molar-refractivity contribution is 7.99. The highest BCUT2D eigenvalue weighted by Crippen LogP contribution is 2.25. The summed E-state index contributed by atoms with van der Waals surface area (Å²) in [5, 5.41) is 3.94. The maximum atomic E-state index is 12.5. The van der Waals surface area contributed by atoms with Crippen LogP contribution in [-0.4, -0.2) is 41.4 Å². The minimum absolute atomic E-state index is 0.195. The molecule has 1 unspecified atom stereocenters. The van der Waals surface area contributed by atoms with E-state index >= 15 is 0 Å². The Labute approximate surface area is 118 Å². The first-order valence-electron chi connectivity index (χ1n) is 7.02. The van der Waals surface area contributed by atoms with Gasteiger partial charge in [0, 0.05) is 41.9 Å². The molecule has 102 valence electrons. The number of nitrogens with one attached hydrogen (secondary N) is 1. The molecule has 2 aliphatic rings. The Hall–Kier alpha value is -1.16. The molecule has 1 amide bonds. The molecule has 3 nitrogen and oxygen atoms in total. The third kappa shape index (κ3) is 2.73. The van der Waals surface area contributed by atoms with Gasteiger partial charge in [-0.25, -0.2) is 0 Å². The van der Waals surface area contributed by atoms with Crippen molar-refractivity contribution in [3.05, 3.63) is 29.3 Å². The minimum Gasteiger partial charge on any atom is -0.385 e. The van der Waals surface area contributed by atoms with Crippen LogP contribution in [0.1, 0.15) is 29.3 Å². The number of thioether (sulfide) groups is 1. The zero-order chi connectivity index (χ0) is 13.2. The number of carbonyl (C=O) groups is 1. The molecule has 19 heavy (non-hydrogen) atoms. The summed E-state index contributed by atoms with van der Waals surface area (Å²) in [4.78, 5) is 14.5. The van der Waals surface area contributed by atoms with Crippen LogP contribution in [0.3, 0.4) is 0 Å². The van der Waals surface area contributed by atoms with Gasteiger partial charge in [-0.1, -0.05) is 6.92 Å². The van der Waals surface area contributed by atoms with Crippen LogP contribution in [-0.2, 0) is 6.42 Å². The van der Waals surface area contributed by atoms with Crippen molar-refractivity contribution in [1.82, 2.24) is 4.90 Å². The van der Waals surface area contributed by atoms with Crippen molar-refractivity contribution in [2.24, 2.45) is 0 Å². The number of nitrogens with zero attached hydrogens (tertiary/aromatic N) is 1. The average molecular weight is 276 g/mol. The van der Waals surface area contributed by atoms with E-state index in [0.29, 0.717) is 5.25 Å². The van der Waals surface area contributed by atoms with Crippen molar-refractivity contribution in [2.45, 2.75) is 25.0 Å². The van der Waals surface area contributed by atoms with E-state index in [1.165, 1.54) is 11.3 Å². The first-order valence-corrected chi connectivity index (χ1v) is 8.06. The highest BCUT2D eigenvalue weighted by Gasteiger charge is 2.23. The van der Waals surface area contributed by atoms with Crippen LogP contribution in [0.25, 0.3) is 0 Å². The monoisotopic (exact) mass is 276 g/mol. The third-order valence-corrected chi connectivity index (χ3v) is 4.96. The van der Waals surface area contributed by atoms with Gasteiger partial charge in [-0.15, -0.1) is 0 Å². The normalized spacial score (nSPS) is 22.6. The van der Waals surface area contributed by atoms with Gasteiger partial charge >= 0.3 is 0 Å². The molecule has 4 heteroatoms. The number of amides is 1. The van der Waals surface area contributed by atoms with Crippen LogP contribution in [0.2, 0.25) is 0 Å². The smallest absolute Gasteiger partial charge is 0.253 e. The fourth-order valence-electron chi connectivity index (χ4n) is 2.79. The summed E-state index contributed by atoms with van der Waals surface area (Å²) < 4.78 is 0. The SMILES string of the molecule is CC1CN(C(=O)c2ccc3c(c2)CCCN3)CCS1. The molecule has 2 aliphatic heterocycles. The zero-order valence-corrected chi connectivity index (χ0v) is 12.1. The largest absolute Gasteiger partial charge is 0.385 e. The zero-order valence-electron chi connectivity index (χ0n) is 11.3. The maximum Gasteiger partial charge on any atom is 0.253 e. The molecule has 0 bridgehead atoms. The Bertz CT molecular complexity index is 489. The lowest BCUT2D eigenvalue weighted by Gasteiger charge is -2.31. The van der Waals surface area contributed by atoms with E-state index in [-0.39, 0.29) is 5.91 Å². The molecule has 0 radical (unpaired) electrons. The average Bonchev–Trinajstić information content (AvgIpc) is 2.46. The van der Waals surface area contributed by atoms with Crippen molar-refractivity contribution < 1.29 is 4.79 Å². The second-order valence-corrected chi connectivity index (χ2v) is 6.88. The van der Waals surface area contributed by atoms with Gasteiger partial charge in [0.25, 0.3) is 5.91 Å². The van der Waals surface area contributed by atoms with E-state index in [1.807, 2.05) is 22.7 Å². The predicted molar refractivity (Wildman–Crippen MR) is 81.1 cm³/mol. The van der Waals surface area contributed by atoms with E-state index in [0.717, 1.165) is 43.8 Å². The van der Waals surface area contributed by atoms with Crippen molar-refractivity contribution in [1.29, 1.82) is 0 Å². The lowest BCUT2D eigenvalue weighted by atomic mass is 10.0. The number of fused-ring (bicyclic) bond motifs is 1. The number of anilines is 1. The summed E-state index contributed by atoms with van der Waals surface area (Å²) in [5.41, 5.74) is 3.34. The number of hydrogen-bond donors (Lipinski definition) is 1. The molecular formula is C15H20N2OS. The molecule has 3 rings (SSSR count). The van der Waals surface area contributed by atoms with Crippen LogP contribution in [0.5, 0.6) is 0 Å². The topological polar surface area (TPSA) is 32.3 Å². The summed E-state index contributed by atoms with van der Waals surface area (Å²) in [6.07, 6.45) is 2.23. The third-order valence-electron chi connectivity index (χ3n) is 3.82. The van der Waals surface area contributed by atoms with Gasteiger partial charge in [-0.3, -0.25) is 4.79 Å². The highest BCUT2D eigenvalue weighted by atomic mass is 32.2. The Balaban J connectivity index is 1.79. The summed E-state index contributed by atoms with van der Waals surface area (Å²) in [6.45, 7) is 4.99. The van der Waals surface area contributed by atoms with Crippen LogP contribution in [0, 0.1) is 0 Å². The minimum atomic E-state index is 0.195. The van der Waals surface area contributed by atoms with Crippen molar-refractivity contribution in [2.75, 3.05) is 30.7 Å². The standard InChI is InChI=1S/C15H20N2OS/c1-11-10-17(7-8-19-11)15(18)13-4-5-14-12(9-13)3-2-6-16-14/h4-5,9,11,16H,2-3,6-8,10H2,1H3. The Morgan fingerprint density at radius 1 is 1.47 bits per heavy atom. The van der Waals surface area contributed by atoms with Crippen molar-refractivity contribution in [3.8, 4) is 0 Å². The van der Waals surface area contributed by atoms with Gasteiger partial charge < -0.3 is 10.2 Å². The van der Waals surface area contributed by atoms with Crippen LogP contribution < -0.4 is 5.32 Å². The van der Waals surface area contributed by atoms with Crippen LogP contribution in [0.4, 0.5) is 5.69 Å². The number of aryl methyl sites for hydroxylation is 1. The van der Waals surface area contributed by atoms with E-state index in [4.69, 9.17) is 0 Å². The maximum absolute atomic E-state index is 12.5. The van der Waals surface area contributed by atoms with E-state index < -0.39 is 0 Å². The molecule has 1 N–H and O–H groups in total. The molecule has 1 aromatic carbocycles. The van der Waals surface area contributed by atoms with Crippen molar-refractivity contribution in [3.63, 3.8) is 0 Å². The molecule has 0 aliphatic carbocycles. The molecule has 1 saturated heterocycles. The molecule has 1 aromatic rings. The molecule has 0 aromatic heterocycles. The molecule has 2 heterocycles. The van der Waals surface area contributed by atoms with Gasteiger partial charge in [0.1, 0.15) is 0 Å². The van der Waals surface area contributed by atoms with E-state index in [9.17, 15) is 4.79 Å². The van der Waals surface area contributed by atoms with Gasteiger partial charge in [-0.2, -0.15) is 11.8 Å². The van der Waals surface area contributed by atoms with Gasteiger partial charge in [0.2, 0.25) is 0 Å².